The van der Waals surface area contributed by atoms with Gasteiger partial charge >= 0.3 is 0 Å². The van der Waals surface area contributed by atoms with Crippen molar-refractivity contribution in [2.24, 2.45) is 0 Å². The van der Waals surface area contributed by atoms with E-state index in [0.29, 0.717) is 43.6 Å². The minimum absolute atomic E-state index is 0.0605. The van der Waals surface area contributed by atoms with Gasteiger partial charge in [-0.25, -0.2) is 4.98 Å². The number of nitrogens with zero attached hydrogens (tertiary/aromatic N) is 2. The van der Waals surface area contributed by atoms with Crippen LogP contribution in [0.15, 0.2) is 47.1 Å². The molecule has 2 aliphatic heterocycles. The van der Waals surface area contributed by atoms with E-state index in [-0.39, 0.29) is 24.5 Å². The Morgan fingerprint density at radius 1 is 1.11 bits per heavy atom. The molecule has 3 aromatic rings. The lowest BCUT2D eigenvalue weighted by Crippen LogP contribution is -2.32. The number of nitrogens with one attached hydrogen (secondary N) is 1. The zero-order chi connectivity index (χ0) is 25.6. The van der Waals surface area contributed by atoms with Crippen LogP contribution in [0, 0.1) is 0 Å². The molecule has 196 valence electrons. The molecule has 0 saturated carbocycles. The molecule has 0 radical (unpaired) electrons. The number of hydrogen-bond acceptors (Lipinski definition) is 9. The summed E-state index contributed by atoms with van der Waals surface area (Å²) < 4.78 is 33.4. The van der Waals surface area contributed by atoms with Gasteiger partial charge in [0.05, 0.1) is 26.9 Å². The molecule has 1 unspecified atom stereocenters. The number of ether oxygens (including phenoxy) is 5. The van der Waals surface area contributed by atoms with E-state index in [2.05, 4.69) is 15.2 Å². The molecule has 0 spiro atoms. The molecule has 0 aliphatic carbocycles. The number of carbonyl (C=O) groups is 1. The molecule has 1 atom stereocenters. The highest BCUT2D eigenvalue weighted by Crippen LogP contribution is 2.34. The second kappa shape index (κ2) is 11.5. The van der Waals surface area contributed by atoms with E-state index in [4.69, 9.17) is 28.1 Å². The molecule has 3 heterocycles. The van der Waals surface area contributed by atoms with Gasteiger partial charge in [0, 0.05) is 31.8 Å². The van der Waals surface area contributed by atoms with Crippen molar-refractivity contribution in [3.63, 3.8) is 0 Å². The van der Waals surface area contributed by atoms with Crippen LogP contribution in [-0.4, -0.2) is 56.1 Å². The molecule has 10 nitrogen and oxygen atoms in total. The van der Waals surface area contributed by atoms with Crippen molar-refractivity contribution in [3.8, 4) is 23.0 Å². The lowest BCUT2D eigenvalue weighted by atomic mass is 10.1. The first kappa shape index (κ1) is 24.9. The Labute approximate surface area is 215 Å². The largest absolute Gasteiger partial charge is 0.493 e. The number of aromatic nitrogens is 1. The molecular formula is C27H31N3O7. The van der Waals surface area contributed by atoms with Crippen LogP contribution in [0.25, 0.3) is 0 Å². The summed E-state index contributed by atoms with van der Waals surface area (Å²) in [5, 5.41) is 2.88. The Balaban J connectivity index is 1.32. The molecule has 1 amide bonds. The molecule has 1 N–H and O–H groups in total. The van der Waals surface area contributed by atoms with Crippen LogP contribution in [-0.2, 0) is 24.4 Å². The topological polar surface area (TPSA) is 105 Å². The van der Waals surface area contributed by atoms with E-state index in [0.717, 1.165) is 42.1 Å². The second-order valence-corrected chi connectivity index (χ2v) is 8.96. The Hall–Kier alpha value is -3.76. The first-order valence-electron chi connectivity index (χ1n) is 12.3. The van der Waals surface area contributed by atoms with Gasteiger partial charge in [-0.3, -0.25) is 9.69 Å². The minimum Gasteiger partial charge on any atom is -0.493 e. The molecule has 5 rings (SSSR count). The van der Waals surface area contributed by atoms with Crippen LogP contribution in [0.5, 0.6) is 23.0 Å². The maximum Gasteiger partial charge on any atom is 0.273 e. The van der Waals surface area contributed by atoms with Crippen molar-refractivity contribution in [1.82, 2.24) is 15.2 Å². The predicted molar refractivity (Wildman–Crippen MR) is 133 cm³/mol. The third kappa shape index (κ3) is 5.98. The van der Waals surface area contributed by atoms with Gasteiger partial charge in [-0.05, 0) is 36.6 Å². The van der Waals surface area contributed by atoms with Crippen LogP contribution in [0.2, 0.25) is 0 Å². The molecule has 10 heteroatoms. The van der Waals surface area contributed by atoms with E-state index in [1.54, 1.807) is 14.2 Å². The predicted octanol–water partition coefficient (Wildman–Crippen LogP) is 3.53. The fraction of sp³-hybridized carbons (Fsp3) is 0.407. The number of fused-ring (bicyclic) bond motifs is 1. The average molecular weight is 510 g/mol. The van der Waals surface area contributed by atoms with Crippen molar-refractivity contribution >= 4 is 5.91 Å². The standard InChI is InChI=1S/C27H31N3O7/c1-32-23-7-3-5-19(26(23)33-2)14-30(13-18-8-9-22-24(11-18)37-17-36-22)15-25-29-21(16-35-25)27(31)28-12-20-6-4-10-34-20/h3,5,7-9,11,16,20H,4,6,10,12-15,17H2,1-2H3,(H,28,31). The van der Waals surface area contributed by atoms with Gasteiger partial charge < -0.3 is 33.4 Å². The third-order valence-corrected chi connectivity index (χ3v) is 6.38. The van der Waals surface area contributed by atoms with Crippen molar-refractivity contribution in [3.05, 3.63) is 65.4 Å². The Kier molecular flexibility index (Phi) is 7.76. The first-order chi connectivity index (χ1) is 18.1. The molecule has 0 bridgehead atoms. The van der Waals surface area contributed by atoms with Crippen LogP contribution in [0.1, 0.15) is 40.3 Å². The average Bonchev–Trinajstić information content (AvgIpc) is 3.69. The molecule has 37 heavy (non-hydrogen) atoms. The van der Waals surface area contributed by atoms with Crippen molar-refractivity contribution in [2.45, 2.75) is 38.6 Å². The van der Waals surface area contributed by atoms with Gasteiger partial charge in [0.2, 0.25) is 12.7 Å². The summed E-state index contributed by atoms with van der Waals surface area (Å²) in [6.45, 7) is 2.89. The number of methoxy groups -OCH3 is 2. The van der Waals surface area contributed by atoms with E-state index in [9.17, 15) is 4.79 Å². The van der Waals surface area contributed by atoms with Gasteiger partial charge in [-0.1, -0.05) is 18.2 Å². The van der Waals surface area contributed by atoms with Crippen molar-refractivity contribution < 1.29 is 32.9 Å². The maximum absolute atomic E-state index is 12.6. The zero-order valence-electron chi connectivity index (χ0n) is 21.0. The lowest BCUT2D eigenvalue weighted by Gasteiger charge is -2.23. The summed E-state index contributed by atoms with van der Waals surface area (Å²) in [6.07, 6.45) is 3.43. The summed E-state index contributed by atoms with van der Waals surface area (Å²) in [6, 6.07) is 11.7. The minimum atomic E-state index is -0.276. The molecule has 1 aromatic heterocycles. The monoisotopic (exact) mass is 509 g/mol. The highest BCUT2D eigenvalue weighted by Gasteiger charge is 2.21. The van der Waals surface area contributed by atoms with Gasteiger partial charge in [0.1, 0.15) is 6.26 Å². The van der Waals surface area contributed by atoms with Gasteiger partial charge in [-0.2, -0.15) is 0 Å². The fourth-order valence-corrected chi connectivity index (χ4v) is 4.57. The van der Waals surface area contributed by atoms with Crippen LogP contribution in [0.3, 0.4) is 0 Å². The highest BCUT2D eigenvalue weighted by atomic mass is 16.7. The Morgan fingerprint density at radius 2 is 2.00 bits per heavy atom. The molecule has 2 aliphatic rings. The fourth-order valence-electron chi connectivity index (χ4n) is 4.57. The number of carbonyl (C=O) groups excluding carboxylic acids is 1. The summed E-state index contributed by atoms with van der Waals surface area (Å²) in [4.78, 5) is 19.2. The number of oxazole rings is 1. The highest BCUT2D eigenvalue weighted by molar-refractivity contribution is 5.91. The van der Waals surface area contributed by atoms with Gasteiger partial charge in [0.15, 0.2) is 28.7 Å². The Morgan fingerprint density at radius 3 is 2.81 bits per heavy atom. The van der Waals surface area contributed by atoms with E-state index in [1.165, 1.54) is 6.26 Å². The quantitative estimate of drug-likeness (QED) is 0.416. The number of amides is 1. The van der Waals surface area contributed by atoms with Crippen LogP contribution in [0.4, 0.5) is 0 Å². The molecular weight excluding hydrogens is 478 g/mol. The normalized spacial score (nSPS) is 16.2. The van der Waals surface area contributed by atoms with Crippen LogP contribution >= 0.6 is 0 Å². The van der Waals surface area contributed by atoms with Crippen LogP contribution < -0.4 is 24.3 Å². The summed E-state index contributed by atoms with van der Waals surface area (Å²) in [5.41, 5.74) is 2.23. The molecule has 1 fully saturated rings. The summed E-state index contributed by atoms with van der Waals surface area (Å²) in [5.74, 6) is 2.94. The van der Waals surface area contributed by atoms with E-state index in [1.807, 2.05) is 36.4 Å². The smallest absolute Gasteiger partial charge is 0.273 e. The lowest BCUT2D eigenvalue weighted by molar-refractivity contribution is 0.0853. The van der Waals surface area contributed by atoms with Gasteiger partial charge in [0.25, 0.3) is 5.91 Å². The number of benzene rings is 2. The first-order valence-corrected chi connectivity index (χ1v) is 12.3. The summed E-state index contributed by atoms with van der Waals surface area (Å²) >= 11 is 0. The van der Waals surface area contributed by atoms with Gasteiger partial charge in [-0.15, -0.1) is 0 Å². The van der Waals surface area contributed by atoms with Crippen molar-refractivity contribution in [2.75, 3.05) is 34.2 Å². The number of hydrogen-bond donors (Lipinski definition) is 1. The maximum atomic E-state index is 12.6. The number of para-hydroxylation sites is 1. The number of rotatable bonds is 11. The van der Waals surface area contributed by atoms with E-state index >= 15 is 0 Å². The Bertz CT molecular complexity index is 1220. The summed E-state index contributed by atoms with van der Waals surface area (Å²) in [7, 11) is 3.24. The zero-order valence-corrected chi connectivity index (χ0v) is 21.0. The van der Waals surface area contributed by atoms with E-state index < -0.39 is 0 Å². The third-order valence-electron chi connectivity index (χ3n) is 6.38. The molecule has 2 aromatic carbocycles. The molecule has 1 saturated heterocycles. The second-order valence-electron chi connectivity index (χ2n) is 8.96. The van der Waals surface area contributed by atoms with Crippen molar-refractivity contribution in [1.29, 1.82) is 0 Å². The SMILES string of the molecule is COc1cccc(CN(Cc2ccc3c(c2)OCO3)Cc2nc(C(=O)NCC3CCCO3)co2)c1OC.